The Bertz CT molecular complexity index is 309. The van der Waals surface area contributed by atoms with E-state index in [1.807, 2.05) is 0 Å². The molecular weight excluding hydrogens is 442 g/mol. The fourth-order valence-corrected chi connectivity index (χ4v) is 3.00. The molecule has 0 atom stereocenters. The number of nitrogens with two attached hydrogens (primary N) is 4. The minimum atomic E-state index is 0.768. The first-order valence-corrected chi connectivity index (χ1v) is 14.1. The van der Waals surface area contributed by atoms with Crippen molar-refractivity contribution in [3.8, 4) is 0 Å². The highest BCUT2D eigenvalue weighted by atomic mass is 15.0. The van der Waals surface area contributed by atoms with Crippen molar-refractivity contribution in [3.05, 3.63) is 0 Å². The molecule has 0 aliphatic heterocycles. The molecule has 15 N–H and O–H groups in total. The molecule has 0 aliphatic rings. The number of hydrogen-bond acceptors (Lipinski definition) is 11. The summed E-state index contributed by atoms with van der Waals surface area (Å²) in [7, 11) is 0. The average Bonchev–Trinajstić information content (AvgIpc) is 2.87. The summed E-state index contributed by atoms with van der Waals surface area (Å²) in [5.74, 6) is 0. The third kappa shape index (κ3) is 41.0. The van der Waals surface area contributed by atoms with E-state index in [0.717, 1.165) is 143 Å². The molecule has 0 spiro atoms. The molecule has 0 fully saturated rings. The summed E-state index contributed by atoms with van der Waals surface area (Å²) in [6.45, 7) is 17.6. The summed E-state index contributed by atoms with van der Waals surface area (Å²) in [5, 5.41) is 23.6. The third-order valence-corrected chi connectivity index (χ3v) is 5.12. The van der Waals surface area contributed by atoms with Gasteiger partial charge in [-0.15, -0.1) is 0 Å². The van der Waals surface area contributed by atoms with Crippen LogP contribution in [0.5, 0.6) is 0 Å². The summed E-state index contributed by atoms with van der Waals surface area (Å²) in [5.41, 5.74) is 21.6. The summed E-state index contributed by atoms with van der Waals surface area (Å²) < 4.78 is 0. The van der Waals surface area contributed by atoms with Gasteiger partial charge in [0.25, 0.3) is 0 Å². The van der Waals surface area contributed by atoms with Crippen molar-refractivity contribution >= 4 is 0 Å². The molecule has 11 heteroatoms. The maximum Gasteiger partial charge on any atom is 0.00772 e. The highest BCUT2D eigenvalue weighted by Gasteiger charge is 1.91. The smallest absolute Gasteiger partial charge is 0.00772 e. The number of unbranched alkanes of at least 4 members (excludes halogenated alkanes) is 2. The van der Waals surface area contributed by atoms with Crippen molar-refractivity contribution in [3.63, 3.8) is 0 Å². The van der Waals surface area contributed by atoms with Crippen molar-refractivity contribution < 1.29 is 0 Å². The van der Waals surface area contributed by atoms with Crippen molar-refractivity contribution in [2.45, 2.75) is 38.5 Å². The normalized spacial score (nSPS) is 11.0. The van der Waals surface area contributed by atoms with Gasteiger partial charge in [-0.05, 0) is 90.9 Å². The molecule has 0 aliphatic carbocycles. The molecule has 214 valence electrons. The second kappa shape index (κ2) is 38.1. The Morgan fingerprint density at radius 2 is 0.429 bits per heavy atom. The molecule has 0 unspecified atom stereocenters. The number of hydrogen-bond donors (Lipinski definition) is 11. The number of nitrogens with one attached hydrogen (secondary N) is 7. The zero-order valence-electron chi connectivity index (χ0n) is 22.8. The van der Waals surface area contributed by atoms with Gasteiger partial charge in [0.2, 0.25) is 0 Å². The van der Waals surface area contributed by atoms with Crippen molar-refractivity contribution in [1.82, 2.24) is 37.2 Å². The molecule has 0 aromatic heterocycles. The van der Waals surface area contributed by atoms with E-state index in [1.165, 1.54) is 12.8 Å². The monoisotopic (exact) mass is 506 g/mol. The van der Waals surface area contributed by atoms with Crippen LogP contribution in [0.1, 0.15) is 38.5 Å². The first kappa shape index (κ1) is 36.7. The van der Waals surface area contributed by atoms with Crippen LogP contribution in [0.4, 0.5) is 0 Å². The average molecular weight is 506 g/mol. The Balaban J connectivity index is 0. The van der Waals surface area contributed by atoms with Crippen LogP contribution in [-0.4, -0.2) is 118 Å². The van der Waals surface area contributed by atoms with Gasteiger partial charge in [0.15, 0.2) is 0 Å². The van der Waals surface area contributed by atoms with E-state index in [-0.39, 0.29) is 0 Å². The Hall–Kier alpha value is -0.440. The lowest BCUT2D eigenvalue weighted by molar-refractivity contribution is 0.560. The summed E-state index contributed by atoms with van der Waals surface area (Å²) in [4.78, 5) is 0. The first-order chi connectivity index (χ1) is 17.3. The predicted octanol–water partition coefficient (Wildman–Crippen LogP) is -2.72. The van der Waals surface area contributed by atoms with Crippen LogP contribution < -0.4 is 60.2 Å². The van der Waals surface area contributed by atoms with Gasteiger partial charge in [-0.25, -0.2) is 0 Å². The predicted molar refractivity (Wildman–Crippen MR) is 154 cm³/mol. The van der Waals surface area contributed by atoms with Crippen LogP contribution in [0.3, 0.4) is 0 Å². The van der Waals surface area contributed by atoms with Crippen LogP contribution in [0.15, 0.2) is 0 Å². The van der Waals surface area contributed by atoms with Gasteiger partial charge in [0.1, 0.15) is 0 Å². The highest BCUT2D eigenvalue weighted by molar-refractivity contribution is 4.57. The standard InChI is InChI=1S/C12H32N6.C12H31N5/c13-3-1-5-15-7-9-17-11-12-18-10-8-16-6-2-4-14;13-5-1-3-7-15-9-11-17-12-10-16-8-4-2-6-14/h15-18H,1-14H2;15-17H,1-14H2. The van der Waals surface area contributed by atoms with Gasteiger partial charge in [-0.1, -0.05) is 0 Å². The topological polar surface area (TPSA) is 188 Å². The molecule has 35 heavy (non-hydrogen) atoms. The Morgan fingerprint density at radius 3 is 0.657 bits per heavy atom. The molecule has 0 amide bonds. The van der Waals surface area contributed by atoms with Gasteiger partial charge >= 0.3 is 0 Å². The maximum atomic E-state index is 5.41. The molecule has 0 bridgehead atoms. The van der Waals surface area contributed by atoms with E-state index in [1.54, 1.807) is 0 Å². The Kier molecular flexibility index (Phi) is 40.0. The largest absolute Gasteiger partial charge is 0.330 e. The van der Waals surface area contributed by atoms with Crippen LogP contribution >= 0.6 is 0 Å². The summed E-state index contributed by atoms with van der Waals surface area (Å²) in [6.07, 6.45) is 6.70. The van der Waals surface area contributed by atoms with E-state index < -0.39 is 0 Å². The van der Waals surface area contributed by atoms with Gasteiger partial charge in [0, 0.05) is 65.4 Å². The second-order valence-electron chi connectivity index (χ2n) is 8.53. The molecule has 0 aromatic rings. The van der Waals surface area contributed by atoms with Crippen LogP contribution in [0.25, 0.3) is 0 Å². The Morgan fingerprint density at radius 1 is 0.229 bits per heavy atom. The Labute approximate surface area is 216 Å². The van der Waals surface area contributed by atoms with Gasteiger partial charge in [0.05, 0.1) is 0 Å². The quantitative estimate of drug-likeness (QED) is 0.0474. The van der Waals surface area contributed by atoms with E-state index in [0.29, 0.717) is 0 Å². The minimum absolute atomic E-state index is 0.768. The van der Waals surface area contributed by atoms with E-state index in [9.17, 15) is 0 Å². The molecule has 0 radical (unpaired) electrons. The number of rotatable bonds is 29. The molecular formula is C24H63N11. The van der Waals surface area contributed by atoms with Crippen LogP contribution in [0.2, 0.25) is 0 Å². The molecule has 0 aromatic carbocycles. The van der Waals surface area contributed by atoms with E-state index in [4.69, 9.17) is 22.9 Å². The SMILES string of the molecule is NCCCCNCCNCCNCCCCN.NCCCNCCNCCNCCNCCCN. The molecule has 0 saturated heterocycles. The fraction of sp³-hybridized carbons (Fsp3) is 1.00. The highest BCUT2D eigenvalue weighted by Crippen LogP contribution is 1.82. The lowest BCUT2D eigenvalue weighted by Crippen LogP contribution is -2.35. The third-order valence-electron chi connectivity index (χ3n) is 5.12. The molecule has 0 saturated carbocycles. The molecule has 11 nitrogen and oxygen atoms in total. The zero-order valence-corrected chi connectivity index (χ0v) is 22.8. The summed E-state index contributed by atoms with van der Waals surface area (Å²) in [6, 6.07) is 0. The first-order valence-electron chi connectivity index (χ1n) is 14.1. The van der Waals surface area contributed by atoms with Gasteiger partial charge in [-0.2, -0.15) is 0 Å². The van der Waals surface area contributed by atoms with Crippen molar-refractivity contribution in [2.75, 3.05) is 118 Å². The van der Waals surface area contributed by atoms with Gasteiger partial charge in [-0.3, -0.25) is 0 Å². The zero-order chi connectivity index (χ0) is 25.9. The fourth-order valence-electron chi connectivity index (χ4n) is 3.00. The minimum Gasteiger partial charge on any atom is -0.330 e. The van der Waals surface area contributed by atoms with Crippen molar-refractivity contribution in [1.29, 1.82) is 0 Å². The van der Waals surface area contributed by atoms with Crippen molar-refractivity contribution in [2.24, 2.45) is 22.9 Å². The lowest BCUT2D eigenvalue weighted by atomic mass is 10.3. The second-order valence-corrected chi connectivity index (χ2v) is 8.53. The van der Waals surface area contributed by atoms with E-state index >= 15 is 0 Å². The van der Waals surface area contributed by atoms with E-state index in [2.05, 4.69) is 37.2 Å². The maximum absolute atomic E-state index is 5.41. The molecule has 0 rings (SSSR count). The van der Waals surface area contributed by atoms with Gasteiger partial charge < -0.3 is 60.2 Å². The summed E-state index contributed by atoms with van der Waals surface area (Å²) >= 11 is 0. The van der Waals surface area contributed by atoms with Crippen LogP contribution in [0, 0.1) is 0 Å². The lowest BCUT2D eigenvalue weighted by Gasteiger charge is -2.08. The van der Waals surface area contributed by atoms with Crippen LogP contribution in [-0.2, 0) is 0 Å². The molecule has 0 heterocycles.